The van der Waals surface area contributed by atoms with Crippen LogP contribution in [0.3, 0.4) is 0 Å². The normalized spacial score (nSPS) is 10.0. The molecule has 0 bridgehead atoms. The van der Waals surface area contributed by atoms with Crippen LogP contribution in [0.4, 0.5) is 10.2 Å². The molecule has 0 spiro atoms. The van der Waals surface area contributed by atoms with E-state index in [-0.39, 0.29) is 6.10 Å². The molecule has 0 aliphatic heterocycles. The molecule has 12 heavy (non-hydrogen) atoms. The maximum absolute atomic E-state index is 11.8. The van der Waals surface area contributed by atoms with Crippen LogP contribution in [0.5, 0.6) is 5.75 Å². The first-order valence-electron chi connectivity index (χ1n) is 3.85. The van der Waals surface area contributed by atoms with Crippen molar-refractivity contribution in [2.24, 2.45) is 0 Å². The fourth-order valence-electron chi connectivity index (χ4n) is 0.869. The molecule has 0 aromatic heterocycles. The number of anilines is 1. The molecule has 0 aliphatic rings. The van der Waals surface area contributed by atoms with E-state index in [1.165, 1.54) is 0 Å². The summed E-state index contributed by atoms with van der Waals surface area (Å²) in [6, 6.07) is 6.69. The van der Waals surface area contributed by atoms with Gasteiger partial charge in [0, 0.05) is 0 Å². The lowest BCUT2D eigenvalue weighted by Crippen LogP contribution is -2.05. The Kier molecular flexibility index (Phi) is 2.91. The van der Waals surface area contributed by atoms with Crippen LogP contribution in [0.15, 0.2) is 24.3 Å². The molecule has 0 atom stereocenters. The number of ether oxygens (including phenoxy) is 1. The second-order valence-corrected chi connectivity index (χ2v) is 2.79. The van der Waals surface area contributed by atoms with Gasteiger partial charge in [0.25, 0.3) is 0 Å². The Balaban J connectivity index is 2.65. The Morgan fingerprint density at radius 1 is 1.25 bits per heavy atom. The van der Waals surface area contributed by atoms with Gasteiger partial charge >= 0.3 is 0 Å². The summed E-state index contributed by atoms with van der Waals surface area (Å²) in [6.07, 6.45) is 0.147. The lowest BCUT2D eigenvalue weighted by Gasteiger charge is -2.09. The van der Waals surface area contributed by atoms with E-state index >= 15 is 0 Å². The van der Waals surface area contributed by atoms with E-state index < -0.39 is 0 Å². The van der Waals surface area contributed by atoms with Gasteiger partial charge in [-0.1, -0.05) is 0 Å². The first-order valence-corrected chi connectivity index (χ1v) is 3.85. The van der Waals surface area contributed by atoms with E-state index in [1.807, 2.05) is 13.8 Å². The summed E-state index contributed by atoms with van der Waals surface area (Å²) >= 11 is 0. The predicted molar refractivity (Wildman–Crippen MR) is 46.9 cm³/mol. The number of benzene rings is 1. The fraction of sp³-hybridized carbons (Fsp3) is 0.333. The molecule has 0 amide bonds. The molecular weight excluding hydrogens is 157 g/mol. The average Bonchev–Trinajstić information content (AvgIpc) is 2.05. The van der Waals surface area contributed by atoms with Crippen molar-refractivity contribution < 1.29 is 9.22 Å². The van der Waals surface area contributed by atoms with Gasteiger partial charge in [0.2, 0.25) is 0 Å². The standard InChI is InChI=1S/C9H12FNO/c1-7(2)12-9-5-3-8(11-10)4-6-9/h3-7,11H,1-2H3. The highest BCUT2D eigenvalue weighted by Crippen LogP contribution is 2.16. The number of nitrogens with one attached hydrogen (secondary N) is 1. The molecule has 0 unspecified atom stereocenters. The van der Waals surface area contributed by atoms with Crippen LogP contribution in [-0.2, 0) is 0 Å². The largest absolute Gasteiger partial charge is 0.491 e. The molecule has 0 radical (unpaired) electrons. The molecule has 1 aromatic rings. The highest BCUT2D eigenvalue weighted by Gasteiger charge is 1.96. The minimum absolute atomic E-state index is 0.147. The molecule has 0 heterocycles. The highest BCUT2D eigenvalue weighted by molar-refractivity contribution is 5.44. The quantitative estimate of drug-likeness (QED) is 0.702. The van der Waals surface area contributed by atoms with E-state index in [0.717, 1.165) is 5.75 Å². The van der Waals surface area contributed by atoms with E-state index in [9.17, 15) is 4.48 Å². The molecule has 1 rings (SSSR count). The van der Waals surface area contributed by atoms with E-state index in [1.54, 1.807) is 29.8 Å². The van der Waals surface area contributed by atoms with Crippen LogP contribution in [0.1, 0.15) is 13.8 Å². The van der Waals surface area contributed by atoms with Crippen molar-refractivity contribution in [1.82, 2.24) is 0 Å². The Morgan fingerprint density at radius 2 is 1.83 bits per heavy atom. The first-order chi connectivity index (χ1) is 5.72. The summed E-state index contributed by atoms with van der Waals surface area (Å²) < 4.78 is 17.2. The van der Waals surface area contributed by atoms with E-state index in [4.69, 9.17) is 4.74 Å². The van der Waals surface area contributed by atoms with Gasteiger partial charge in [0.1, 0.15) is 5.75 Å². The number of halogens is 1. The molecule has 66 valence electrons. The Labute approximate surface area is 71.3 Å². The molecule has 0 fully saturated rings. The molecule has 0 saturated heterocycles. The fourth-order valence-corrected chi connectivity index (χ4v) is 0.869. The van der Waals surface area contributed by atoms with Crippen molar-refractivity contribution in [2.75, 3.05) is 5.54 Å². The smallest absolute Gasteiger partial charge is 0.119 e. The zero-order valence-electron chi connectivity index (χ0n) is 7.17. The second kappa shape index (κ2) is 3.95. The summed E-state index contributed by atoms with van der Waals surface area (Å²) in [7, 11) is 0. The highest BCUT2D eigenvalue weighted by atomic mass is 19.2. The van der Waals surface area contributed by atoms with Gasteiger partial charge in [-0.25, -0.2) is 5.54 Å². The van der Waals surface area contributed by atoms with E-state index in [2.05, 4.69) is 0 Å². The van der Waals surface area contributed by atoms with Gasteiger partial charge in [-0.15, -0.1) is 4.48 Å². The summed E-state index contributed by atoms with van der Waals surface area (Å²) in [4.78, 5) is 0. The van der Waals surface area contributed by atoms with Crippen molar-refractivity contribution in [3.8, 4) is 5.75 Å². The van der Waals surface area contributed by atoms with Crippen molar-refractivity contribution in [1.29, 1.82) is 0 Å². The van der Waals surface area contributed by atoms with Gasteiger partial charge < -0.3 is 4.74 Å². The molecule has 1 N–H and O–H groups in total. The van der Waals surface area contributed by atoms with Crippen LogP contribution in [0.25, 0.3) is 0 Å². The molecule has 2 nitrogen and oxygen atoms in total. The lowest BCUT2D eigenvalue weighted by molar-refractivity contribution is 0.242. The number of rotatable bonds is 3. The van der Waals surface area contributed by atoms with E-state index in [0.29, 0.717) is 5.69 Å². The third-order valence-electron chi connectivity index (χ3n) is 1.34. The summed E-state index contributed by atoms with van der Waals surface area (Å²) in [5, 5.41) is 0. The lowest BCUT2D eigenvalue weighted by atomic mass is 10.3. The average molecular weight is 169 g/mol. The SMILES string of the molecule is CC(C)Oc1ccc(NF)cc1. The summed E-state index contributed by atoms with van der Waals surface area (Å²) in [5.74, 6) is 0.754. The third-order valence-corrected chi connectivity index (χ3v) is 1.34. The van der Waals surface area contributed by atoms with Crippen molar-refractivity contribution >= 4 is 5.69 Å². The van der Waals surface area contributed by atoms with Gasteiger partial charge in [-0.05, 0) is 38.1 Å². The van der Waals surface area contributed by atoms with Crippen LogP contribution in [-0.4, -0.2) is 6.10 Å². The Hall–Kier alpha value is -1.25. The monoisotopic (exact) mass is 169 g/mol. The summed E-state index contributed by atoms with van der Waals surface area (Å²) in [6.45, 7) is 3.89. The van der Waals surface area contributed by atoms with Gasteiger partial charge in [-0.2, -0.15) is 0 Å². The number of hydrogen-bond acceptors (Lipinski definition) is 2. The van der Waals surface area contributed by atoms with Crippen molar-refractivity contribution in [2.45, 2.75) is 20.0 Å². The van der Waals surface area contributed by atoms with Crippen LogP contribution >= 0.6 is 0 Å². The van der Waals surface area contributed by atoms with Gasteiger partial charge in [0.05, 0.1) is 11.8 Å². The number of hydrogen-bond donors (Lipinski definition) is 1. The van der Waals surface area contributed by atoms with Crippen LogP contribution in [0, 0.1) is 0 Å². The third kappa shape index (κ3) is 2.42. The molecule has 0 saturated carbocycles. The van der Waals surface area contributed by atoms with Crippen LogP contribution < -0.4 is 10.3 Å². The zero-order valence-corrected chi connectivity index (χ0v) is 7.17. The van der Waals surface area contributed by atoms with Gasteiger partial charge in [0.15, 0.2) is 0 Å². The first kappa shape index (κ1) is 8.84. The Bertz CT molecular complexity index is 233. The Morgan fingerprint density at radius 3 is 2.25 bits per heavy atom. The molecule has 3 heteroatoms. The maximum Gasteiger partial charge on any atom is 0.119 e. The molecule has 1 aromatic carbocycles. The minimum atomic E-state index is 0.147. The minimum Gasteiger partial charge on any atom is -0.491 e. The maximum atomic E-state index is 11.8. The molecule has 0 aliphatic carbocycles. The van der Waals surface area contributed by atoms with Crippen LogP contribution in [0.2, 0.25) is 0 Å². The molecular formula is C9H12FNO. The van der Waals surface area contributed by atoms with Crippen molar-refractivity contribution in [3.63, 3.8) is 0 Å². The predicted octanol–water partition coefficient (Wildman–Crippen LogP) is 2.77. The van der Waals surface area contributed by atoms with Crippen molar-refractivity contribution in [3.05, 3.63) is 24.3 Å². The zero-order chi connectivity index (χ0) is 8.97. The van der Waals surface area contributed by atoms with Gasteiger partial charge in [-0.3, -0.25) is 0 Å². The second-order valence-electron chi connectivity index (χ2n) is 2.79. The summed E-state index contributed by atoms with van der Waals surface area (Å²) in [5.41, 5.74) is 1.99. The topological polar surface area (TPSA) is 21.3 Å².